The molecule has 0 bridgehead atoms. The summed E-state index contributed by atoms with van der Waals surface area (Å²) in [5.41, 5.74) is 2.12. The fourth-order valence-electron chi connectivity index (χ4n) is 4.71. The molecule has 0 saturated carbocycles. The van der Waals surface area contributed by atoms with E-state index in [2.05, 4.69) is 39.3 Å². The summed E-state index contributed by atoms with van der Waals surface area (Å²) in [7, 11) is 0. The van der Waals surface area contributed by atoms with E-state index in [1.807, 2.05) is 41.3 Å². The Labute approximate surface area is 203 Å². The molecule has 178 valence electrons. The number of aryl methyl sites for hydroxylation is 1. The number of nitrogens with zero attached hydrogens (tertiary/aromatic N) is 4. The average molecular weight is 471 g/mol. The van der Waals surface area contributed by atoms with Gasteiger partial charge in [0.15, 0.2) is 11.5 Å². The van der Waals surface area contributed by atoms with Crippen molar-refractivity contribution >= 4 is 16.7 Å². The molecule has 6 rings (SSSR count). The quantitative estimate of drug-likeness (QED) is 0.423. The molecule has 0 spiro atoms. The largest absolute Gasteiger partial charge is 0.454 e. The molecule has 8 nitrogen and oxygen atoms in total. The summed E-state index contributed by atoms with van der Waals surface area (Å²) in [4.78, 5) is 21.6. The Bertz CT molecular complexity index is 1360. The zero-order valence-electron chi connectivity index (χ0n) is 19.4. The molecule has 8 heteroatoms. The fraction of sp³-hybridized carbons (Fsp3) is 0.296. The normalized spacial score (nSPS) is 15.6. The van der Waals surface area contributed by atoms with E-state index in [-0.39, 0.29) is 12.7 Å². The van der Waals surface area contributed by atoms with Crippen LogP contribution in [0.5, 0.6) is 11.5 Å². The van der Waals surface area contributed by atoms with Gasteiger partial charge in [-0.2, -0.15) is 4.98 Å². The maximum absolute atomic E-state index is 12.8. The van der Waals surface area contributed by atoms with E-state index < -0.39 is 0 Å². The monoisotopic (exact) mass is 470 g/mol. The van der Waals surface area contributed by atoms with Crippen molar-refractivity contribution < 1.29 is 18.8 Å². The molecule has 0 aliphatic carbocycles. The lowest BCUT2D eigenvalue weighted by Gasteiger charge is -2.34. The first-order chi connectivity index (χ1) is 17.2. The van der Waals surface area contributed by atoms with Crippen molar-refractivity contribution in [3.05, 3.63) is 72.1 Å². The van der Waals surface area contributed by atoms with Gasteiger partial charge in [0.2, 0.25) is 24.4 Å². The number of aromatic nitrogens is 2. The number of hydrogen-bond donors (Lipinski definition) is 0. The molecule has 1 fully saturated rings. The molecule has 2 aliphatic heterocycles. The molecular formula is C27H26N4O4. The van der Waals surface area contributed by atoms with E-state index in [0.717, 1.165) is 47.5 Å². The van der Waals surface area contributed by atoms with Crippen LogP contribution in [0.4, 0.5) is 0 Å². The van der Waals surface area contributed by atoms with E-state index >= 15 is 0 Å². The number of fused-ring (bicyclic) bond motifs is 2. The second-order valence-electron chi connectivity index (χ2n) is 8.88. The van der Waals surface area contributed by atoms with Crippen molar-refractivity contribution in [2.24, 2.45) is 0 Å². The van der Waals surface area contributed by atoms with Crippen LogP contribution in [0.1, 0.15) is 17.9 Å². The highest BCUT2D eigenvalue weighted by Gasteiger charge is 2.23. The summed E-state index contributed by atoms with van der Waals surface area (Å²) in [6, 6.07) is 20.2. The van der Waals surface area contributed by atoms with Crippen molar-refractivity contribution in [2.75, 3.05) is 33.0 Å². The molecule has 0 radical (unpaired) electrons. The van der Waals surface area contributed by atoms with Gasteiger partial charge >= 0.3 is 0 Å². The van der Waals surface area contributed by atoms with E-state index in [1.165, 1.54) is 5.56 Å². The molecule has 4 aromatic rings. The van der Waals surface area contributed by atoms with Crippen LogP contribution in [0, 0.1) is 0 Å². The summed E-state index contributed by atoms with van der Waals surface area (Å²) < 4.78 is 16.3. The maximum Gasteiger partial charge on any atom is 0.231 e. The Hall–Kier alpha value is -3.91. The van der Waals surface area contributed by atoms with Crippen molar-refractivity contribution in [3.63, 3.8) is 0 Å². The molecule has 35 heavy (non-hydrogen) atoms. The van der Waals surface area contributed by atoms with Gasteiger partial charge in [0.1, 0.15) is 0 Å². The minimum absolute atomic E-state index is 0.123. The molecule has 1 saturated heterocycles. The minimum atomic E-state index is 0.123. The zero-order valence-corrected chi connectivity index (χ0v) is 19.4. The fourth-order valence-corrected chi connectivity index (χ4v) is 4.71. The molecular weight excluding hydrogens is 444 g/mol. The first-order valence-electron chi connectivity index (χ1n) is 11.9. The molecule has 0 N–H and O–H groups in total. The molecule has 1 amide bonds. The third kappa shape index (κ3) is 4.57. The first kappa shape index (κ1) is 21.6. The van der Waals surface area contributed by atoms with Crippen LogP contribution in [0.15, 0.2) is 65.2 Å². The third-order valence-corrected chi connectivity index (χ3v) is 6.62. The standard InChI is InChI=1S/C27H26N4O4/c32-26(31-14-12-30(13-15-31)17-19-8-9-23-24(16-19)34-18-33-23)11-10-25-28-27(29-35-25)22-7-3-5-20-4-1-2-6-21(20)22/h1-9,16H,10-15,17-18H2. The van der Waals surface area contributed by atoms with Gasteiger partial charge in [0.25, 0.3) is 0 Å². The van der Waals surface area contributed by atoms with Gasteiger partial charge in [-0.3, -0.25) is 9.69 Å². The van der Waals surface area contributed by atoms with Crippen LogP contribution in [0.3, 0.4) is 0 Å². The van der Waals surface area contributed by atoms with Crippen molar-refractivity contribution in [2.45, 2.75) is 19.4 Å². The number of ether oxygens (including phenoxy) is 2. The number of carbonyl (C=O) groups excluding carboxylic acids is 1. The molecule has 0 unspecified atom stereocenters. The van der Waals surface area contributed by atoms with Crippen LogP contribution in [-0.2, 0) is 17.8 Å². The van der Waals surface area contributed by atoms with Gasteiger partial charge in [0, 0.05) is 51.1 Å². The number of rotatable bonds is 6. The number of piperazine rings is 1. The van der Waals surface area contributed by atoms with Gasteiger partial charge in [-0.15, -0.1) is 0 Å². The first-order valence-corrected chi connectivity index (χ1v) is 11.9. The summed E-state index contributed by atoms with van der Waals surface area (Å²) >= 11 is 0. The molecule has 3 heterocycles. The van der Waals surface area contributed by atoms with E-state index in [0.29, 0.717) is 37.6 Å². The highest BCUT2D eigenvalue weighted by atomic mass is 16.7. The Morgan fingerprint density at radius 1 is 0.914 bits per heavy atom. The predicted molar refractivity (Wildman–Crippen MR) is 130 cm³/mol. The summed E-state index contributed by atoms with van der Waals surface area (Å²) in [6.07, 6.45) is 0.799. The Morgan fingerprint density at radius 3 is 2.66 bits per heavy atom. The van der Waals surface area contributed by atoms with Gasteiger partial charge < -0.3 is 18.9 Å². The highest BCUT2D eigenvalue weighted by Crippen LogP contribution is 2.33. The minimum Gasteiger partial charge on any atom is -0.454 e. The van der Waals surface area contributed by atoms with Crippen LogP contribution >= 0.6 is 0 Å². The molecule has 3 aromatic carbocycles. The van der Waals surface area contributed by atoms with E-state index in [4.69, 9.17) is 14.0 Å². The van der Waals surface area contributed by atoms with Gasteiger partial charge in [-0.25, -0.2) is 0 Å². The van der Waals surface area contributed by atoms with Crippen LogP contribution in [0.2, 0.25) is 0 Å². The Morgan fingerprint density at radius 2 is 1.74 bits per heavy atom. The smallest absolute Gasteiger partial charge is 0.231 e. The van der Waals surface area contributed by atoms with Crippen molar-refractivity contribution in [1.82, 2.24) is 19.9 Å². The van der Waals surface area contributed by atoms with Crippen LogP contribution < -0.4 is 9.47 Å². The lowest BCUT2D eigenvalue weighted by Crippen LogP contribution is -2.48. The number of hydrogen-bond acceptors (Lipinski definition) is 7. The Balaban J connectivity index is 1.01. The summed E-state index contributed by atoms with van der Waals surface area (Å²) in [5, 5.41) is 6.37. The van der Waals surface area contributed by atoms with Gasteiger partial charge in [0.05, 0.1) is 0 Å². The van der Waals surface area contributed by atoms with Gasteiger partial charge in [-0.1, -0.05) is 53.7 Å². The van der Waals surface area contributed by atoms with Crippen LogP contribution in [0.25, 0.3) is 22.2 Å². The second-order valence-corrected chi connectivity index (χ2v) is 8.88. The highest BCUT2D eigenvalue weighted by molar-refractivity contribution is 5.94. The number of amides is 1. The molecule has 1 aromatic heterocycles. The lowest BCUT2D eigenvalue weighted by molar-refractivity contribution is -0.133. The Kier molecular flexibility index (Phi) is 5.79. The number of carbonyl (C=O) groups is 1. The summed E-state index contributed by atoms with van der Waals surface area (Å²) in [6.45, 7) is 4.23. The molecule has 2 aliphatic rings. The van der Waals surface area contributed by atoms with E-state index in [9.17, 15) is 4.79 Å². The van der Waals surface area contributed by atoms with Gasteiger partial charge in [-0.05, 0) is 28.5 Å². The second kappa shape index (κ2) is 9.38. The van der Waals surface area contributed by atoms with Crippen LogP contribution in [-0.4, -0.2) is 58.8 Å². The SMILES string of the molecule is O=C(CCc1nc(-c2cccc3ccccc23)no1)N1CCN(Cc2ccc3c(c2)OCO3)CC1. The van der Waals surface area contributed by atoms with Crippen molar-refractivity contribution in [1.29, 1.82) is 0 Å². The summed E-state index contributed by atoms with van der Waals surface area (Å²) in [5.74, 6) is 2.78. The topological polar surface area (TPSA) is 80.9 Å². The average Bonchev–Trinajstić information content (AvgIpc) is 3.57. The number of benzene rings is 3. The maximum atomic E-state index is 12.8. The third-order valence-electron chi connectivity index (χ3n) is 6.62. The van der Waals surface area contributed by atoms with Crippen molar-refractivity contribution in [3.8, 4) is 22.9 Å². The predicted octanol–water partition coefficient (Wildman–Crippen LogP) is 3.90. The lowest BCUT2D eigenvalue weighted by atomic mass is 10.0. The zero-order chi connectivity index (χ0) is 23.6. The molecule has 0 atom stereocenters. The van der Waals surface area contributed by atoms with E-state index in [1.54, 1.807) is 0 Å².